The number of rotatable bonds is 2. The van der Waals surface area contributed by atoms with Crippen molar-refractivity contribution in [2.75, 3.05) is 5.73 Å². The molecule has 0 unspecified atom stereocenters. The van der Waals surface area contributed by atoms with Crippen LogP contribution in [0.25, 0.3) is 10.9 Å². The van der Waals surface area contributed by atoms with Gasteiger partial charge in [-0.25, -0.2) is 0 Å². The Kier molecular flexibility index (Phi) is 3.01. The molecule has 3 aromatic rings. The van der Waals surface area contributed by atoms with Gasteiger partial charge in [-0.3, -0.25) is 4.98 Å². The summed E-state index contributed by atoms with van der Waals surface area (Å²) < 4.78 is 0. The lowest BCUT2D eigenvalue weighted by atomic mass is 10.2. The number of anilines is 1. The molecule has 0 aliphatic rings. The molecule has 94 valence electrons. The van der Waals surface area contributed by atoms with Crippen LogP contribution in [-0.2, 0) is 0 Å². The first-order valence-electron chi connectivity index (χ1n) is 5.84. The second kappa shape index (κ2) is 4.82. The lowest BCUT2D eigenvalue weighted by Crippen LogP contribution is -1.89. The Balaban J connectivity index is 2.06. The van der Waals surface area contributed by atoms with Crippen LogP contribution in [0, 0.1) is 0 Å². The summed E-state index contributed by atoms with van der Waals surface area (Å²) in [5.74, 6) is 0.268. The molecule has 3 rings (SSSR count). The fourth-order valence-corrected chi connectivity index (χ4v) is 2.81. The first kappa shape index (κ1) is 11.9. The summed E-state index contributed by atoms with van der Waals surface area (Å²) in [6.07, 6.45) is 1.77. The van der Waals surface area contributed by atoms with Gasteiger partial charge in [-0.2, -0.15) is 0 Å². The van der Waals surface area contributed by atoms with Gasteiger partial charge in [0.15, 0.2) is 0 Å². The molecule has 0 bridgehead atoms. The Morgan fingerprint density at radius 1 is 1.00 bits per heavy atom. The molecule has 1 heterocycles. The Labute approximate surface area is 115 Å². The Bertz CT molecular complexity index is 726. The van der Waals surface area contributed by atoms with E-state index in [1.54, 1.807) is 30.1 Å². The van der Waals surface area contributed by atoms with Crippen LogP contribution >= 0.6 is 11.8 Å². The number of phenolic OH excluding ortho intramolecular Hbond substituents is 1. The van der Waals surface area contributed by atoms with Gasteiger partial charge in [0.1, 0.15) is 5.75 Å². The van der Waals surface area contributed by atoms with E-state index in [4.69, 9.17) is 5.73 Å². The smallest absolute Gasteiger partial charge is 0.115 e. The molecule has 1 aromatic heterocycles. The van der Waals surface area contributed by atoms with E-state index in [-0.39, 0.29) is 5.75 Å². The van der Waals surface area contributed by atoms with E-state index in [1.807, 2.05) is 36.4 Å². The maximum atomic E-state index is 9.29. The molecule has 0 spiro atoms. The van der Waals surface area contributed by atoms with E-state index in [9.17, 15) is 5.11 Å². The highest BCUT2D eigenvalue weighted by atomic mass is 32.2. The van der Waals surface area contributed by atoms with Gasteiger partial charge in [0, 0.05) is 27.1 Å². The maximum Gasteiger partial charge on any atom is 0.115 e. The summed E-state index contributed by atoms with van der Waals surface area (Å²) in [7, 11) is 0. The molecule has 0 atom stereocenters. The first-order valence-corrected chi connectivity index (χ1v) is 6.66. The minimum Gasteiger partial charge on any atom is -0.508 e. The van der Waals surface area contributed by atoms with Crippen LogP contribution in [0.5, 0.6) is 5.75 Å². The number of phenols is 1. The molecule has 0 aliphatic carbocycles. The number of aromatic hydroxyl groups is 1. The van der Waals surface area contributed by atoms with Crippen molar-refractivity contribution < 1.29 is 5.11 Å². The zero-order valence-corrected chi connectivity index (χ0v) is 10.9. The normalized spacial score (nSPS) is 10.7. The van der Waals surface area contributed by atoms with Gasteiger partial charge < -0.3 is 10.8 Å². The first-order chi connectivity index (χ1) is 9.24. The van der Waals surface area contributed by atoms with Crippen molar-refractivity contribution in [3.8, 4) is 5.75 Å². The molecule has 2 aromatic carbocycles. The van der Waals surface area contributed by atoms with Crippen LogP contribution in [0.2, 0.25) is 0 Å². The van der Waals surface area contributed by atoms with E-state index in [0.29, 0.717) is 0 Å². The molecule has 0 radical (unpaired) electrons. The second-order valence-corrected chi connectivity index (χ2v) is 5.26. The maximum absolute atomic E-state index is 9.29. The van der Waals surface area contributed by atoms with Crippen molar-refractivity contribution >= 4 is 28.4 Å². The van der Waals surface area contributed by atoms with Gasteiger partial charge in [-0.05, 0) is 48.5 Å². The van der Waals surface area contributed by atoms with E-state index in [1.165, 1.54) is 0 Å². The second-order valence-electron chi connectivity index (χ2n) is 4.15. The summed E-state index contributed by atoms with van der Waals surface area (Å²) >= 11 is 1.61. The van der Waals surface area contributed by atoms with Gasteiger partial charge >= 0.3 is 0 Å². The molecule has 0 saturated heterocycles. The van der Waals surface area contributed by atoms with Gasteiger partial charge in [-0.1, -0.05) is 11.8 Å². The Morgan fingerprint density at radius 3 is 2.58 bits per heavy atom. The minimum atomic E-state index is 0.268. The molecular weight excluding hydrogens is 256 g/mol. The van der Waals surface area contributed by atoms with Gasteiger partial charge in [0.25, 0.3) is 0 Å². The zero-order chi connectivity index (χ0) is 13.2. The summed E-state index contributed by atoms with van der Waals surface area (Å²) in [6, 6.07) is 14.8. The number of nitrogens with two attached hydrogens (primary N) is 1. The fraction of sp³-hybridized carbons (Fsp3) is 0. The lowest BCUT2D eigenvalue weighted by Gasteiger charge is -2.07. The van der Waals surface area contributed by atoms with Crippen molar-refractivity contribution in [1.82, 2.24) is 4.98 Å². The number of pyridine rings is 1. The van der Waals surface area contributed by atoms with Crippen LogP contribution in [0.15, 0.2) is 64.5 Å². The predicted octanol–water partition coefficient (Wildman–Crippen LogP) is 3.67. The number of hydrogen-bond acceptors (Lipinski definition) is 4. The number of nitrogens with zero attached hydrogens (tertiary/aromatic N) is 1. The molecule has 3 nitrogen and oxygen atoms in total. The van der Waals surface area contributed by atoms with Crippen molar-refractivity contribution in [2.45, 2.75) is 9.79 Å². The number of nitrogen functional groups attached to an aromatic ring is 1. The lowest BCUT2D eigenvalue weighted by molar-refractivity contribution is 0.475. The van der Waals surface area contributed by atoms with E-state index >= 15 is 0 Å². The van der Waals surface area contributed by atoms with Crippen molar-refractivity contribution in [2.24, 2.45) is 0 Å². The summed E-state index contributed by atoms with van der Waals surface area (Å²) in [4.78, 5) is 6.51. The predicted molar refractivity (Wildman–Crippen MR) is 78.4 cm³/mol. The number of benzene rings is 2. The third-order valence-corrected chi connectivity index (χ3v) is 3.89. The van der Waals surface area contributed by atoms with Crippen LogP contribution in [0.3, 0.4) is 0 Å². The average Bonchev–Trinajstić information content (AvgIpc) is 2.45. The summed E-state index contributed by atoms with van der Waals surface area (Å²) in [5, 5.41) is 10.3. The van der Waals surface area contributed by atoms with Crippen LogP contribution in [0.4, 0.5) is 5.69 Å². The van der Waals surface area contributed by atoms with E-state index in [0.717, 1.165) is 26.4 Å². The highest BCUT2D eigenvalue weighted by Crippen LogP contribution is 2.34. The third kappa shape index (κ3) is 2.35. The molecule has 0 saturated carbocycles. The minimum absolute atomic E-state index is 0.268. The largest absolute Gasteiger partial charge is 0.508 e. The molecule has 0 aliphatic heterocycles. The van der Waals surface area contributed by atoms with Crippen molar-refractivity contribution in [1.29, 1.82) is 0 Å². The fourth-order valence-electron chi connectivity index (χ4n) is 1.89. The van der Waals surface area contributed by atoms with E-state index < -0.39 is 0 Å². The van der Waals surface area contributed by atoms with Gasteiger partial charge in [0.05, 0.1) is 5.52 Å². The van der Waals surface area contributed by atoms with Crippen LogP contribution < -0.4 is 5.73 Å². The molecular formula is C15H12N2OS. The molecule has 4 heteroatoms. The monoisotopic (exact) mass is 268 g/mol. The Morgan fingerprint density at radius 2 is 1.79 bits per heavy atom. The molecule has 19 heavy (non-hydrogen) atoms. The number of aromatic nitrogens is 1. The van der Waals surface area contributed by atoms with E-state index in [2.05, 4.69) is 4.98 Å². The highest BCUT2D eigenvalue weighted by molar-refractivity contribution is 7.99. The zero-order valence-electron chi connectivity index (χ0n) is 10.1. The average molecular weight is 268 g/mol. The topological polar surface area (TPSA) is 59.1 Å². The Hall–Kier alpha value is -2.20. The van der Waals surface area contributed by atoms with Crippen LogP contribution in [0.1, 0.15) is 0 Å². The highest BCUT2D eigenvalue weighted by Gasteiger charge is 2.06. The SMILES string of the molecule is Nc1ccc(Sc2ccc(O)cc2)c2ncccc12. The van der Waals surface area contributed by atoms with Gasteiger partial charge in [0.2, 0.25) is 0 Å². The number of fused-ring (bicyclic) bond motifs is 1. The quantitative estimate of drug-likeness (QED) is 0.696. The molecule has 3 N–H and O–H groups in total. The summed E-state index contributed by atoms with van der Waals surface area (Å²) in [6.45, 7) is 0. The van der Waals surface area contributed by atoms with Crippen LogP contribution in [-0.4, -0.2) is 10.1 Å². The molecule has 0 fully saturated rings. The van der Waals surface area contributed by atoms with Gasteiger partial charge in [-0.15, -0.1) is 0 Å². The molecule has 0 amide bonds. The summed E-state index contributed by atoms with van der Waals surface area (Å²) in [5.41, 5.74) is 7.59. The van der Waals surface area contributed by atoms with Crippen molar-refractivity contribution in [3.05, 3.63) is 54.7 Å². The van der Waals surface area contributed by atoms with Crippen molar-refractivity contribution in [3.63, 3.8) is 0 Å². The third-order valence-electron chi connectivity index (χ3n) is 2.83. The number of hydrogen-bond donors (Lipinski definition) is 2. The standard InChI is InChI=1S/C15H12N2OS/c16-13-7-8-14(15-12(13)2-1-9-17-15)19-11-5-3-10(18)4-6-11/h1-9,18H,16H2.